The lowest BCUT2D eigenvalue weighted by Crippen LogP contribution is -2.25. The van der Waals surface area contributed by atoms with Gasteiger partial charge < -0.3 is 0 Å². The van der Waals surface area contributed by atoms with Gasteiger partial charge in [-0.1, -0.05) is 6.08 Å². The molecule has 15 heavy (non-hydrogen) atoms. The summed E-state index contributed by atoms with van der Waals surface area (Å²) in [4.78, 5) is 0. The zero-order chi connectivity index (χ0) is 10.9. The number of halogens is 3. The van der Waals surface area contributed by atoms with E-state index in [0.29, 0.717) is 12.0 Å². The van der Waals surface area contributed by atoms with Gasteiger partial charge in [0, 0.05) is 0 Å². The molecule has 0 radical (unpaired) electrons. The van der Waals surface area contributed by atoms with Crippen molar-refractivity contribution in [3.8, 4) is 0 Å². The fourth-order valence-corrected chi connectivity index (χ4v) is 2.63. The molecular weight excluding hydrogens is 221 g/mol. The molecule has 1 heterocycles. The van der Waals surface area contributed by atoms with E-state index in [-0.39, 0.29) is 6.42 Å². The quantitative estimate of drug-likeness (QED) is 0.669. The van der Waals surface area contributed by atoms with Gasteiger partial charge in [-0.05, 0) is 47.2 Å². The zero-order valence-corrected chi connectivity index (χ0v) is 8.87. The topological polar surface area (TPSA) is 0 Å². The number of alkyl halides is 3. The predicted molar refractivity (Wildman–Crippen MR) is 55.7 cm³/mol. The molecule has 0 amide bonds. The van der Waals surface area contributed by atoms with E-state index in [4.69, 9.17) is 0 Å². The van der Waals surface area contributed by atoms with Gasteiger partial charge in [0.15, 0.2) is 0 Å². The van der Waals surface area contributed by atoms with Gasteiger partial charge in [-0.25, -0.2) is 0 Å². The van der Waals surface area contributed by atoms with Gasteiger partial charge in [0.2, 0.25) is 0 Å². The molecule has 4 heteroatoms. The van der Waals surface area contributed by atoms with Gasteiger partial charge in [0.25, 0.3) is 0 Å². The highest BCUT2D eigenvalue weighted by atomic mass is 32.1. The van der Waals surface area contributed by atoms with Crippen molar-refractivity contribution >= 4 is 16.9 Å². The average Bonchev–Trinajstić information content (AvgIpc) is 2.69. The van der Waals surface area contributed by atoms with Crippen molar-refractivity contribution in [3.63, 3.8) is 0 Å². The van der Waals surface area contributed by atoms with E-state index in [1.165, 1.54) is 11.3 Å². The molecule has 0 saturated heterocycles. The number of hydrogen-bond acceptors (Lipinski definition) is 1. The number of hydrogen-bond donors (Lipinski definition) is 0. The summed E-state index contributed by atoms with van der Waals surface area (Å²) < 4.78 is 38.2. The number of thiophene rings is 1. The zero-order valence-electron chi connectivity index (χ0n) is 8.05. The third-order valence-corrected chi connectivity index (χ3v) is 3.37. The summed E-state index contributed by atoms with van der Waals surface area (Å²) in [7, 11) is 0. The highest BCUT2D eigenvalue weighted by Crippen LogP contribution is 2.43. The summed E-state index contributed by atoms with van der Waals surface area (Å²) in [6.45, 7) is 0. The fraction of sp³-hybridized carbons (Fsp3) is 0.455. The summed E-state index contributed by atoms with van der Waals surface area (Å²) in [5, 5.41) is 3.61. The first-order chi connectivity index (χ1) is 7.09. The molecular formula is C11H11F3S. The molecule has 1 aliphatic carbocycles. The highest BCUT2D eigenvalue weighted by Gasteiger charge is 2.42. The Bertz CT molecular complexity index is 348. The molecule has 0 fully saturated rings. The van der Waals surface area contributed by atoms with Crippen LogP contribution in [0.5, 0.6) is 0 Å². The maximum Gasteiger partial charge on any atom is 0.395 e. The molecule has 0 spiro atoms. The van der Waals surface area contributed by atoms with E-state index < -0.39 is 12.1 Å². The second-order valence-corrected chi connectivity index (χ2v) is 4.48. The van der Waals surface area contributed by atoms with Crippen LogP contribution in [0, 0.1) is 5.92 Å². The first kappa shape index (κ1) is 10.7. The van der Waals surface area contributed by atoms with Crippen LogP contribution >= 0.6 is 11.3 Å². The highest BCUT2D eigenvalue weighted by molar-refractivity contribution is 7.08. The van der Waals surface area contributed by atoms with Crippen molar-refractivity contribution in [1.82, 2.24) is 0 Å². The maximum absolute atomic E-state index is 12.7. The van der Waals surface area contributed by atoms with E-state index in [1.54, 1.807) is 17.5 Å². The van der Waals surface area contributed by atoms with Crippen molar-refractivity contribution in [2.24, 2.45) is 5.92 Å². The molecule has 0 nitrogen and oxygen atoms in total. The maximum atomic E-state index is 12.7. The molecule has 1 atom stereocenters. The summed E-state index contributed by atoms with van der Waals surface area (Å²) >= 11 is 1.44. The number of rotatable bonds is 1. The van der Waals surface area contributed by atoms with Crippen LogP contribution in [0.4, 0.5) is 13.2 Å². The van der Waals surface area contributed by atoms with Gasteiger partial charge >= 0.3 is 6.18 Å². The first-order valence-electron chi connectivity index (χ1n) is 4.88. The Labute approximate surface area is 90.4 Å². The van der Waals surface area contributed by atoms with E-state index in [1.807, 2.05) is 5.38 Å². The minimum atomic E-state index is -4.10. The van der Waals surface area contributed by atoms with Crippen LogP contribution < -0.4 is 0 Å². The van der Waals surface area contributed by atoms with Crippen molar-refractivity contribution in [3.05, 3.63) is 28.5 Å². The summed E-state index contributed by atoms with van der Waals surface area (Å²) in [6.07, 6.45) is -0.737. The lowest BCUT2D eigenvalue weighted by atomic mass is 9.84. The number of allylic oxidation sites excluding steroid dienone is 2. The minimum Gasteiger partial charge on any atom is -0.170 e. The Morgan fingerprint density at radius 3 is 2.73 bits per heavy atom. The van der Waals surface area contributed by atoms with E-state index in [0.717, 1.165) is 12.0 Å². The second-order valence-electron chi connectivity index (χ2n) is 3.70. The van der Waals surface area contributed by atoms with Crippen LogP contribution in [0.3, 0.4) is 0 Å². The molecule has 1 aromatic rings. The van der Waals surface area contributed by atoms with Crippen molar-refractivity contribution in [2.45, 2.75) is 25.4 Å². The lowest BCUT2D eigenvalue weighted by Gasteiger charge is -2.26. The monoisotopic (exact) mass is 232 g/mol. The standard InChI is InChI=1S/C11H11F3S/c12-11(13,14)10-4-2-1-3-9(10)8-5-6-15-7-8/h3,5-7,10H,1-2,4H2/t10-/m1/s1. The smallest absolute Gasteiger partial charge is 0.170 e. The van der Waals surface area contributed by atoms with Gasteiger partial charge in [-0.15, -0.1) is 0 Å². The summed E-state index contributed by atoms with van der Waals surface area (Å²) in [5.41, 5.74) is 1.21. The third-order valence-electron chi connectivity index (χ3n) is 2.69. The first-order valence-corrected chi connectivity index (χ1v) is 5.82. The SMILES string of the molecule is FC(F)(F)[C@@H]1CCCC=C1c1ccsc1. The molecule has 0 N–H and O–H groups in total. The Hall–Kier alpha value is -0.770. The van der Waals surface area contributed by atoms with Crippen molar-refractivity contribution in [2.75, 3.05) is 0 Å². The largest absolute Gasteiger partial charge is 0.395 e. The molecule has 1 aromatic heterocycles. The second kappa shape index (κ2) is 4.00. The van der Waals surface area contributed by atoms with Crippen LogP contribution in [-0.2, 0) is 0 Å². The fourth-order valence-electron chi connectivity index (χ4n) is 1.97. The minimum absolute atomic E-state index is 0.227. The predicted octanol–water partition coefficient (Wildman–Crippen LogP) is 4.49. The van der Waals surface area contributed by atoms with E-state index in [9.17, 15) is 13.2 Å². The van der Waals surface area contributed by atoms with Crippen LogP contribution in [0.15, 0.2) is 22.9 Å². The Balaban J connectivity index is 2.32. The molecule has 2 rings (SSSR count). The normalized spacial score (nSPS) is 22.6. The molecule has 0 aromatic carbocycles. The van der Waals surface area contributed by atoms with Gasteiger partial charge in [0.05, 0.1) is 5.92 Å². The van der Waals surface area contributed by atoms with Crippen LogP contribution in [0.1, 0.15) is 24.8 Å². The molecule has 0 saturated carbocycles. The Morgan fingerprint density at radius 2 is 2.13 bits per heavy atom. The van der Waals surface area contributed by atoms with Crippen molar-refractivity contribution in [1.29, 1.82) is 0 Å². The molecule has 82 valence electrons. The van der Waals surface area contributed by atoms with Crippen LogP contribution in [0.25, 0.3) is 5.57 Å². The van der Waals surface area contributed by atoms with E-state index in [2.05, 4.69) is 0 Å². The van der Waals surface area contributed by atoms with E-state index >= 15 is 0 Å². The van der Waals surface area contributed by atoms with Gasteiger partial charge in [0.1, 0.15) is 0 Å². The Kier molecular flexibility index (Phi) is 2.87. The summed E-state index contributed by atoms with van der Waals surface area (Å²) in [6, 6.07) is 1.76. The molecule has 0 aliphatic heterocycles. The Morgan fingerprint density at radius 1 is 1.33 bits per heavy atom. The lowest BCUT2D eigenvalue weighted by molar-refractivity contribution is -0.160. The van der Waals surface area contributed by atoms with Gasteiger partial charge in [-0.2, -0.15) is 24.5 Å². The third kappa shape index (κ3) is 2.25. The molecule has 0 unspecified atom stereocenters. The average molecular weight is 232 g/mol. The van der Waals surface area contributed by atoms with Crippen molar-refractivity contribution < 1.29 is 13.2 Å². The van der Waals surface area contributed by atoms with Crippen LogP contribution in [0.2, 0.25) is 0 Å². The molecule has 0 bridgehead atoms. The molecule has 1 aliphatic rings. The summed E-state index contributed by atoms with van der Waals surface area (Å²) in [5.74, 6) is -1.26. The van der Waals surface area contributed by atoms with Gasteiger partial charge in [-0.3, -0.25) is 0 Å². The van der Waals surface area contributed by atoms with Crippen LogP contribution in [-0.4, -0.2) is 6.18 Å².